The number of carbonyl (C=O) groups excluding carboxylic acids is 1. The second-order valence-electron chi connectivity index (χ2n) is 6.12. The lowest BCUT2D eigenvalue weighted by atomic mass is 9.84. The molecule has 0 aliphatic carbocycles. The molecule has 0 unspecified atom stereocenters. The molecule has 2 rings (SSSR count). The van der Waals surface area contributed by atoms with Crippen LogP contribution in [0, 0.1) is 0 Å². The van der Waals surface area contributed by atoms with Crippen molar-refractivity contribution in [3.8, 4) is 0 Å². The molecule has 5 heteroatoms. The summed E-state index contributed by atoms with van der Waals surface area (Å²) in [6.07, 6.45) is 1.79. The van der Waals surface area contributed by atoms with Crippen LogP contribution in [0.3, 0.4) is 0 Å². The Hall–Kier alpha value is -0.650. The molecule has 2 aliphatic heterocycles. The van der Waals surface area contributed by atoms with E-state index in [1.54, 1.807) is 0 Å². The van der Waals surface area contributed by atoms with E-state index in [1.807, 2.05) is 6.92 Å². The lowest BCUT2D eigenvalue weighted by Crippen LogP contribution is -2.64. The summed E-state index contributed by atoms with van der Waals surface area (Å²) in [5, 5.41) is 3.36. The molecule has 2 heterocycles. The van der Waals surface area contributed by atoms with Gasteiger partial charge in [0, 0.05) is 45.3 Å². The summed E-state index contributed by atoms with van der Waals surface area (Å²) in [7, 11) is 0. The number of hydrogen-bond donors (Lipinski definition) is 1. The van der Waals surface area contributed by atoms with Crippen molar-refractivity contribution in [3.05, 3.63) is 0 Å². The second-order valence-corrected chi connectivity index (χ2v) is 6.12. The highest BCUT2D eigenvalue weighted by Gasteiger charge is 2.47. The number of ether oxygens (including phenoxy) is 1. The van der Waals surface area contributed by atoms with E-state index in [0.29, 0.717) is 12.6 Å². The van der Waals surface area contributed by atoms with Crippen LogP contribution in [0.1, 0.15) is 33.6 Å². The van der Waals surface area contributed by atoms with Crippen LogP contribution in [0.15, 0.2) is 0 Å². The number of piperidine rings is 1. The van der Waals surface area contributed by atoms with Crippen molar-refractivity contribution in [2.75, 3.05) is 45.9 Å². The van der Waals surface area contributed by atoms with Gasteiger partial charge in [-0.15, -0.1) is 0 Å². The molecule has 1 N–H and O–H groups in total. The molecule has 0 aromatic rings. The minimum absolute atomic E-state index is 0.00898. The van der Waals surface area contributed by atoms with Gasteiger partial charge in [0.2, 0.25) is 0 Å². The standard InChI is InChI=1S/C15H29N3O2/c1-4-20-14(19)15(18-11-7-16-8-12-18)5-9-17(10-6-15)13(2)3/h13,16H,4-12H2,1-3H3. The van der Waals surface area contributed by atoms with Gasteiger partial charge in [0.05, 0.1) is 6.61 Å². The lowest BCUT2D eigenvalue weighted by molar-refractivity contribution is -0.163. The monoisotopic (exact) mass is 283 g/mol. The smallest absolute Gasteiger partial charge is 0.326 e. The summed E-state index contributed by atoms with van der Waals surface area (Å²) in [5.41, 5.74) is -0.385. The van der Waals surface area contributed by atoms with E-state index < -0.39 is 0 Å². The van der Waals surface area contributed by atoms with Crippen molar-refractivity contribution in [2.45, 2.75) is 45.2 Å². The highest BCUT2D eigenvalue weighted by Crippen LogP contribution is 2.31. The summed E-state index contributed by atoms with van der Waals surface area (Å²) in [4.78, 5) is 17.4. The average Bonchev–Trinajstić information content (AvgIpc) is 2.48. The summed E-state index contributed by atoms with van der Waals surface area (Å²) in [5.74, 6) is -0.00898. The fourth-order valence-corrected chi connectivity index (χ4v) is 3.42. The number of carbonyl (C=O) groups is 1. The Labute approximate surface area is 122 Å². The zero-order valence-electron chi connectivity index (χ0n) is 13.2. The SMILES string of the molecule is CCOC(=O)C1(N2CCNCC2)CCN(C(C)C)CC1. The second kappa shape index (κ2) is 6.87. The Morgan fingerprint density at radius 1 is 1.20 bits per heavy atom. The Balaban J connectivity index is 2.11. The molecule has 5 nitrogen and oxygen atoms in total. The minimum atomic E-state index is -0.385. The molecule has 0 atom stereocenters. The van der Waals surface area contributed by atoms with E-state index in [0.717, 1.165) is 52.1 Å². The van der Waals surface area contributed by atoms with Crippen molar-refractivity contribution in [2.24, 2.45) is 0 Å². The average molecular weight is 283 g/mol. The van der Waals surface area contributed by atoms with Crippen molar-refractivity contribution in [1.29, 1.82) is 0 Å². The fourth-order valence-electron chi connectivity index (χ4n) is 3.42. The molecule has 0 amide bonds. The van der Waals surface area contributed by atoms with Crippen molar-refractivity contribution in [3.63, 3.8) is 0 Å². The van der Waals surface area contributed by atoms with Gasteiger partial charge in [-0.25, -0.2) is 0 Å². The zero-order chi connectivity index (χ0) is 14.6. The van der Waals surface area contributed by atoms with Crippen LogP contribution in [0.5, 0.6) is 0 Å². The number of nitrogens with zero attached hydrogens (tertiary/aromatic N) is 2. The van der Waals surface area contributed by atoms with Gasteiger partial charge in [-0.05, 0) is 33.6 Å². The molecule has 0 saturated carbocycles. The van der Waals surface area contributed by atoms with Gasteiger partial charge in [0.25, 0.3) is 0 Å². The van der Waals surface area contributed by atoms with E-state index in [2.05, 4.69) is 29.0 Å². The van der Waals surface area contributed by atoms with Gasteiger partial charge >= 0.3 is 5.97 Å². The third-order valence-corrected chi connectivity index (χ3v) is 4.73. The molecular formula is C15H29N3O2. The first kappa shape index (κ1) is 15.7. The predicted molar refractivity (Wildman–Crippen MR) is 79.7 cm³/mol. The van der Waals surface area contributed by atoms with Crippen molar-refractivity contribution in [1.82, 2.24) is 15.1 Å². The van der Waals surface area contributed by atoms with Crippen LogP contribution >= 0.6 is 0 Å². The fraction of sp³-hybridized carbons (Fsp3) is 0.933. The molecular weight excluding hydrogens is 254 g/mol. The van der Waals surface area contributed by atoms with Gasteiger partial charge in [0.15, 0.2) is 0 Å². The van der Waals surface area contributed by atoms with E-state index >= 15 is 0 Å². The summed E-state index contributed by atoms with van der Waals surface area (Å²) < 4.78 is 5.41. The summed E-state index contributed by atoms with van der Waals surface area (Å²) in [6, 6.07) is 0.554. The Bertz CT molecular complexity index is 319. The highest BCUT2D eigenvalue weighted by atomic mass is 16.5. The van der Waals surface area contributed by atoms with Crippen LogP contribution in [0.4, 0.5) is 0 Å². The van der Waals surface area contributed by atoms with E-state index in [4.69, 9.17) is 4.74 Å². The lowest BCUT2D eigenvalue weighted by Gasteiger charge is -2.48. The van der Waals surface area contributed by atoms with Crippen LogP contribution in [0.2, 0.25) is 0 Å². The van der Waals surface area contributed by atoms with Crippen molar-refractivity contribution < 1.29 is 9.53 Å². The Morgan fingerprint density at radius 3 is 2.30 bits per heavy atom. The van der Waals surface area contributed by atoms with Crippen molar-refractivity contribution >= 4 is 5.97 Å². The molecule has 116 valence electrons. The topological polar surface area (TPSA) is 44.8 Å². The van der Waals surface area contributed by atoms with Gasteiger partial charge in [-0.1, -0.05) is 0 Å². The normalized spacial score (nSPS) is 24.8. The molecule has 2 aliphatic rings. The first-order valence-corrected chi connectivity index (χ1v) is 7.97. The van der Waals surface area contributed by atoms with Gasteiger partial charge in [-0.2, -0.15) is 0 Å². The minimum Gasteiger partial charge on any atom is -0.465 e. The number of hydrogen-bond acceptors (Lipinski definition) is 5. The van der Waals surface area contributed by atoms with Crippen LogP contribution in [-0.2, 0) is 9.53 Å². The molecule has 20 heavy (non-hydrogen) atoms. The number of piperazine rings is 1. The van der Waals surface area contributed by atoms with Gasteiger partial charge < -0.3 is 15.0 Å². The molecule has 2 saturated heterocycles. The van der Waals surface area contributed by atoms with E-state index in [1.165, 1.54) is 0 Å². The third-order valence-electron chi connectivity index (χ3n) is 4.73. The largest absolute Gasteiger partial charge is 0.465 e. The van der Waals surface area contributed by atoms with Gasteiger partial charge in [0.1, 0.15) is 5.54 Å². The molecule has 0 spiro atoms. The highest BCUT2D eigenvalue weighted by molar-refractivity contribution is 5.81. The number of rotatable bonds is 4. The molecule has 0 bridgehead atoms. The predicted octanol–water partition coefficient (Wildman–Crippen LogP) is 0.698. The number of likely N-dealkylation sites (tertiary alicyclic amines) is 1. The van der Waals surface area contributed by atoms with Crippen LogP contribution < -0.4 is 5.32 Å². The summed E-state index contributed by atoms with van der Waals surface area (Å²) >= 11 is 0. The molecule has 0 radical (unpaired) electrons. The summed E-state index contributed by atoms with van der Waals surface area (Å²) in [6.45, 7) is 12.6. The number of esters is 1. The molecule has 2 fully saturated rings. The van der Waals surface area contributed by atoms with Gasteiger partial charge in [-0.3, -0.25) is 9.69 Å². The van der Waals surface area contributed by atoms with Crippen LogP contribution in [-0.4, -0.2) is 73.2 Å². The maximum absolute atomic E-state index is 12.6. The molecule has 0 aromatic carbocycles. The maximum atomic E-state index is 12.6. The van der Waals surface area contributed by atoms with Crippen LogP contribution in [0.25, 0.3) is 0 Å². The maximum Gasteiger partial charge on any atom is 0.326 e. The Morgan fingerprint density at radius 2 is 1.80 bits per heavy atom. The molecule has 0 aromatic heterocycles. The third kappa shape index (κ3) is 3.15. The Kier molecular flexibility index (Phi) is 5.41. The zero-order valence-corrected chi connectivity index (χ0v) is 13.2. The first-order chi connectivity index (χ1) is 9.60. The van der Waals surface area contributed by atoms with E-state index in [-0.39, 0.29) is 11.5 Å². The quantitative estimate of drug-likeness (QED) is 0.770. The number of nitrogens with one attached hydrogen (secondary N) is 1. The van der Waals surface area contributed by atoms with E-state index in [9.17, 15) is 4.79 Å². The first-order valence-electron chi connectivity index (χ1n) is 7.97.